The monoisotopic (exact) mass is 275 g/mol. The van der Waals surface area contributed by atoms with E-state index in [1.165, 1.54) is 5.39 Å². The van der Waals surface area contributed by atoms with E-state index < -0.39 is 0 Å². The summed E-state index contributed by atoms with van der Waals surface area (Å²) in [6.07, 6.45) is 2.89. The number of hydrogen-bond acceptors (Lipinski definition) is 2. The van der Waals surface area contributed by atoms with E-state index in [1.807, 2.05) is 18.2 Å². The molecule has 1 aromatic carbocycles. The Morgan fingerprint density at radius 2 is 2.16 bits per heavy atom. The minimum atomic E-state index is -0.200. The molecule has 2 nitrogen and oxygen atoms in total. The van der Waals surface area contributed by atoms with Gasteiger partial charge in [0.05, 0.1) is 16.5 Å². The number of fused-ring (bicyclic) bond motifs is 1. The first kappa shape index (κ1) is 12.9. The Morgan fingerprint density at radius 1 is 1.32 bits per heavy atom. The van der Waals surface area contributed by atoms with Crippen LogP contribution in [0.1, 0.15) is 25.5 Å². The highest BCUT2D eigenvalue weighted by Gasteiger charge is 2.37. The number of rotatable bonds is 3. The third-order valence-electron chi connectivity index (χ3n) is 3.96. The number of halogens is 1. The molecule has 19 heavy (non-hydrogen) atoms. The lowest BCUT2D eigenvalue weighted by Crippen LogP contribution is -2.36. The van der Waals surface area contributed by atoms with Gasteiger partial charge in [-0.15, -0.1) is 11.6 Å². The van der Waals surface area contributed by atoms with Crippen LogP contribution in [0.25, 0.3) is 10.9 Å². The fourth-order valence-electron chi connectivity index (χ4n) is 2.67. The van der Waals surface area contributed by atoms with Crippen LogP contribution in [0.2, 0.25) is 0 Å². The Kier molecular flexibility index (Phi) is 3.46. The van der Waals surface area contributed by atoms with E-state index in [-0.39, 0.29) is 11.0 Å². The van der Waals surface area contributed by atoms with Crippen LogP contribution in [-0.2, 0) is 11.2 Å². The summed E-state index contributed by atoms with van der Waals surface area (Å²) in [5.74, 6) is 0. The molecule has 0 aliphatic carbocycles. The first-order valence-corrected chi connectivity index (χ1v) is 7.24. The van der Waals surface area contributed by atoms with Gasteiger partial charge in [-0.25, -0.2) is 0 Å². The van der Waals surface area contributed by atoms with Crippen LogP contribution in [0, 0.1) is 0 Å². The molecule has 2 atom stereocenters. The third-order valence-corrected chi connectivity index (χ3v) is 4.57. The zero-order valence-corrected chi connectivity index (χ0v) is 11.9. The van der Waals surface area contributed by atoms with Crippen molar-refractivity contribution >= 4 is 22.5 Å². The predicted molar refractivity (Wildman–Crippen MR) is 78.7 cm³/mol. The van der Waals surface area contributed by atoms with E-state index in [9.17, 15) is 0 Å². The van der Waals surface area contributed by atoms with Crippen molar-refractivity contribution in [3.8, 4) is 0 Å². The Hall–Kier alpha value is -1.12. The normalized spacial score (nSPS) is 24.7. The van der Waals surface area contributed by atoms with Gasteiger partial charge in [0, 0.05) is 24.1 Å². The van der Waals surface area contributed by atoms with E-state index in [0.717, 1.165) is 37.1 Å². The van der Waals surface area contributed by atoms with Gasteiger partial charge >= 0.3 is 0 Å². The van der Waals surface area contributed by atoms with Crippen molar-refractivity contribution in [3.05, 3.63) is 42.1 Å². The van der Waals surface area contributed by atoms with Crippen LogP contribution in [0.3, 0.4) is 0 Å². The second-order valence-corrected chi connectivity index (χ2v) is 5.96. The lowest BCUT2D eigenvalue weighted by Gasteiger charge is -2.28. The predicted octanol–water partition coefficient (Wildman–Crippen LogP) is 3.95. The van der Waals surface area contributed by atoms with E-state index in [0.29, 0.717) is 0 Å². The lowest BCUT2D eigenvalue weighted by molar-refractivity contribution is 0.0167. The van der Waals surface area contributed by atoms with Crippen molar-refractivity contribution in [2.45, 2.75) is 37.2 Å². The van der Waals surface area contributed by atoms with Gasteiger partial charge in [-0.2, -0.15) is 0 Å². The van der Waals surface area contributed by atoms with Gasteiger partial charge in [-0.3, -0.25) is 4.98 Å². The minimum absolute atomic E-state index is 0.0244. The van der Waals surface area contributed by atoms with Gasteiger partial charge in [0.1, 0.15) is 0 Å². The maximum atomic E-state index is 6.55. The summed E-state index contributed by atoms with van der Waals surface area (Å²) in [4.78, 5) is 4.68. The highest BCUT2D eigenvalue weighted by atomic mass is 35.5. The molecule has 3 heteroatoms. The standard InChI is InChI=1S/C16H18ClNO/c1-16(9-4-10-19-16)15(17)11-13-8-7-12-5-2-3-6-14(12)18-13/h2-3,5-8,15H,4,9-11H2,1H3. The van der Waals surface area contributed by atoms with Gasteiger partial charge in [0.15, 0.2) is 0 Å². The molecule has 2 heterocycles. The number of nitrogens with zero attached hydrogens (tertiary/aromatic N) is 1. The summed E-state index contributed by atoms with van der Waals surface area (Å²) in [5.41, 5.74) is 1.87. The summed E-state index contributed by atoms with van der Waals surface area (Å²) >= 11 is 6.55. The van der Waals surface area contributed by atoms with Gasteiger partial charge in [-0.1, -0.05) is 24.3 Å². The van der Waals surface area contributed by atoms with Crippen molar-refractivity contribution in [2.24, 2.45) is 0 Å². The topological polar surface area (TPSA) is 22.1 Å². The number of aromatic nitrogens is 1. The van der Waals surface area contributed by atoms with Crippen molar-refractivity contribution in [1.82, 2.24) is 4.98 Å². The number of benzene rings is 1. The van der Waals surface area contributed by atoms with Crippen LogP contribution < -0.4 is 0 Å². The number of pyridine rings is 1. The fourth-order valence-corrected chi connectivity index (χ4v) is 3.00. The number of para-hydroxylation sites is 1. The van der Waals surface area contributed by atoms with Crippen molar-refractivity contribution in [2.75, 3.05) is 6.61 Å². The molecule has 0 radical (unpaired) electrons. The molecule has 0 saturated carbocycles. The van der Waals surface area contributed by atoms with Crippen molar-refractivity contribution < 1.29 is 4.74 Å². The molecule has 2 unspecified atom stereocenters. The molecule has 1 aliphatic heterocycles. The Labute approximate surface area is 118 Å². The lowest BCUT2D eigenvalue weighted by atomic mass is 9.95. The highest BCUT2D eigenvalue weighted by Crippen LogP contribution is 2.33. The molecule has 1 saturated heterocycles. The summed E-state index contributed by atoms with van der Waals surface area (Å²) in [7, 11) is 0. The number of alkyl halides is 1. The zero-order chi connectivity index (χ0) is 13.3. The molecular weight excluding hydrogens is 258 g/mol. The molecule has 0 spiro atoms. The molecule has 0 N–H and O–H groups in total. The van der Waals surface area contributed by atoms with Crippen molar-refractivity contribution in [1.29, 1.82) is 0 Å². The van der Waals surface area contributed by atoms with Gasteiger partial charge < -0.3 is 4.74 Å². The van der Waals surface area contributed by atoms with Crippen LogP contribution in [0.15, 0.2) is 36.4 Å². The average molecular weight is 276 g/mol. The quantitative estimate of drug-likeness (QED) is 0.791. The summed E-state index contributed by atoms with van der Waals surface area (Å²) in [5, 5.41) is 1.14. The van der Waals surface area contributed by atoms with E-state index >= 15 is 0 Å². The first-order chi connectivity index (χ1) is 9.17. The third kappa shape index (κ3) is 2.60. The Balaban J connectivity index is 1.81. The van der Waals surface area contributed by atoms with Gasteiger partial charge in [0.25, 0.3) is 0 Å². The summed E-state index contributed by atoms with van der Waals surface area (Å²) in [6.45, 7) is 2.93. The first-order valence-electron chi connectivity index (χ1n) is 6.80. The smallest absolute Gasteiger partial charge is 0.0822 e. The molecule has 0 bridgehead atoms. The molecule has 1 aliphatic rings. The molecule has 0 amide bonds. The minimum Gasteiger partial charge on any atom is -0.374 e. The largest absolute Gasteiger partial charge is 0.374 e. The van der Waals surface area contributed by atoms with Crippen LogP contribution in [0.4, 0.5) is 0 Å². The van der Waals surface area contributed by atoms with E-state index in [4.69, 9.17) is 16.3 Å². The van der Waals surface area contributed by atoms with Crippen LogP contribution >= 0.6 is 11.6 Å². The molecule has 3 rings (SSSR count). The molecular formula is C16H18ClNO. The van der Waals surface area contributed by atoms with E-state index in [1.54, 1.807) is 0 Å². The molecule has 1 fully saturated rings. The molecule has 100 valence electrons. The Morgan fingerprint density at radius 3 is 2.95 bits per heavy atom. The second kappa shape index (κ2) is 5.10. The maximum absolute atomic E-state index is 6.55. The van der Waals surface area contributed by atoms with Crippen LogP contribution in [-0.4, -0.2) is 22.6 Å². The molecule has 2 aromatic rings. The van der Waals surface area contributed by atoms with Gasteiger partial charge in [0.2, 0.25) is 0 Å². The van der Waals surface area contributed by atoms with Crippen molar-refractivity contribution in [3.63, 3.8) is 0 Å². The number of hydrogen-bond donors (Lipinski definition) is 0. The second-order valence-electron chi connectivity index (χ2n) is 5.43. The summed E-state index contributed by atoms with van der Waals surface area (Å²) < 4.78 is 5.80. The maximum Gasteiger partial charge on any atom is 0.0822 e. The van der Waals surface area contributed by atoms with E-state index in [2.05, 4.69) is 30.1 Å². The van der Waals surface area contributed by atoms with Crippen LogP contribution in [0.5, 0.6) is 0 Å². The fraction of sp³-hybridized carbons (Fsp3) is 0.438. The molecule has 1 aromatic heterocycles. The Bertz CT molecular complexity index is 578. The highest BCUT2D eigenvalue weighted by molar-refractivity contribution is 6.21. The SMILES string of the molecule is CC1(C(Cl)Cc2ccc3ccccc3n2)CCCO1. The zero-order valence-electron chi connectivity index (χ0n) is 11.1. The average Bonchev–Trinajstić information content (AvgIpc) is 2.87. The van der Waals surface area contributed by atoms with Gasteiger partial charge in [-0.05, 0) is 31.9 Å². The summed E-state index contributed by atoms with van der Waals surface area (Å²) in [6, 6.07) is 12.3. The number of ether oxygens (including phenoxy) is 1.